The molecular formula is C17H13N3O3. The van der Waals surface area contributed by atoms with Crippen molar-refractivity contribution in [1.82, 2.24) is 15.8 Å². The van der Waals surface area contributed by atoms with Crippen LogP contribution in [-0.4, -0.2) is 16.8 Å². The van der Waals surface area contributed by atoms with E-state index in [1.54, 1.807) is 54.8 Å². The van der Waals surface area contributed by atoms with Gasteiger partial charge in [0, 0.05) is 17.3 Å². The summed E-state index contributed by atoms with van der Waals surface area (Å²) in [5.41, 5.74) is 6.18. The van der Waals surface area contributed by atoms with E-state index in [9.17, 15) is 9.59 Å². The number of nitrogens with one attached hydrogen (secondary N) is 2. The molecule has 0 saturated heterocycles. The smallest absolute Gasteiger partial charge is 0.288 e. The molecule has 114 valence electrons. The molecule has 0 fully saturated rings. The van der Waals surface area contributed by atoms with E-state index in [1.165, 1.54) is 6.20 Å². The molecule has 0 spiro atoms. The second-order valence-electron chi connectivity index (χ2n) is 4.68. The number of rotatable bonds is 3. The van der Waals surface area contributed by atoms with Crippen molar-refractivity contribution in [1.29, 1.82) is 0 Å². The van der Waals surface area contributed by atoms with Crippen molar-refractivity contribution < 1.29 is 14.0 Å². The first-order valence-electron chi connectivity index (χ1n) is 6.90. The zero-order chi connectivity index (χ0) is 16.1. The molecule has 2 amide bonds. The van der Waals surface area contributed by atoms with E-state index in [1.807, 2.05) is 6.07 Å². The fourth-order valence-corrected chi connectivity index (χ4v) is 1.98. The van der Waals surface area contributed by atoms with Gasteiger partial charge in [0.1, 0.15) is 11.5 Å². The number of aromatic nitrogens is 1. The lowest BCUT2D eigenvalue weighted by molar-refractivity contribution is 0.0844. The number of furan rings is 1. The predicted molar refractivity (Wildman–Crippen MR) is 83.3 cm³/mol. The Balaban J connectivity index is 1.61. The first-order valence-corrected chi connectivity index (χ1v) is 6.90. The number of hydrogen-bond acceptors (Lipinski definition) is 4. The molecule has 0 radical (unpaired) electrons. The van der Waals surface area contributed by atoms with E-state index in [0.29, 0.717) is 5.56 Å². The van der Waals surface area contributed by atoms with Crippen molar-refractivity contribution in [3.8, 4) is 11.3 Å². The van der Waals surface area contributed by atoms with Crippen LogP contribution in [-0.2, 0) is 0 Å². The van der Waals surface area contributed by atoms with Crippen LogP contribution in [0.4, 0.5) is 0 Å². The van der Waals surface area contributed by atoms with Crippen LogP contribution >= 0.6 is 0 Å². The highest BCUT2D eigenvalue weighted by Gasteiger charge is 2.10. The van der Waals surface area contributed by atoms with Crippen LogP contribution in [0.2, 0.25) is 0 Å². The number of carbonyl (C=O) groups is 2. The van der Waals surface area contributed by atoms with E-state index in [0.717, 1.165) is 11.3 Å². The van der Waals surface area contributed by atoms with Gasteiger partial charge < -0.3 is 4.42 Å². The molecule has 3 rings (SSSR count). The Morgan fingerprint density at radius 1 is 0.870 bits per heavy atom. The third kappa shape index (κ3) is 3.44. The average molecular weight is 307 g/mol. The Hall–Kier alpha value is -3.41. The zero-order valence-corrected chi connectivity index (χ0v) is 12.0. The van der Waals surface area contributed by atoms with E-state index >= 15 is 0 Å². The minimum Gasteiger partial charge on any atom is -0.464 e. The van der Waals surface area contributed by atoms with Crippen LogP contribution in [0, 0.1) is 0 Å². The molecule has 6 nitrogen and oxygen atoms in total. The van der Waals surface area contributed by atoms with Gasteiger partial charge >= 0.3 is 0 Å². The monoisotopic (exact) mass is 307 g/mol. The molecule has 0 saturated carbocycles. The van der Waals surface area contributed by atoms with Gasteiger partial charge in [0.2, 0.25) is 0 Å². The summed E-state index contributed by atoms with van der Waals surface area (Å²) in [6, 6.07) is 15.4. The highest BCUT2D eigenvalue weighted by Crippen LogP contribution is 2.19. The standard InChI is InChI=1S/C17H13N3O3/c21-16(19-20-17(22)14-4-1-2-10-18-14)13-8-6-12(7-9-13)15-5-3-11-23-15/h1-11H,(H,19,21)(H,20,22). The third-order valence-electron chi connectivity index (χ3n) is 3.14. The molecule has 0 atom stereocenters. The lowest BCUT2D eigenvalue weighted by Gasteiger charge is -2.07. The fraction of sp³-hybridized carbons (Fsp3) is 0. The Kier molecular flexibility index (Phi) is 4.15. The molecule has 0 aliphatic carbocycles. The van der Waals surface area contributed by atoms with Gasteiger partial charge in [-0.1, -0.05) is 18.2 Å². The summed E-state index contributed by atoms with van der Waals surface area (Å²) < 4.78 is 5.28. The van der Waals surface area contributed by atoms with E-state index in [2.05, 4.69) is 15.8 Å². The number of carbonyl (C=O) groups excluding carboxylic acids is 2. The van der Waals surface area contributed by atoms with E-state index < -0.39 is 11.8 Å². The number of benzene rings is 1. The van der Waals surface area contributed by atoms with Crippen molar-refractivity contribution in [3.05, 3.63) is 78.3 Å². The van der Waals surface area contributed by atoms with Gasteiger partial charge in [0.05, 0.1) is 6.26 Å². The first kappa shape index (κ1) is 14.5. The molecule has 0 aliphatic heterocycles. The van der Waals surface area contributed by atoms with Crippen molar-refractivity contribution in [2.45, 2.75) is 0 Å². The first-order chi connectivity index (χ1) is 11.2. The Morgan fingerprint density at radius 2 is 1.65 bits per heavy atom. The topological polar surface area (TPSA) is 84.2 Å². The Labute approximate surface area is 132 Å². The fourth-order valence-electron chi connectivity index (χ4n) is 1.98. The van der Waals surface area contributed by atoms with Crippen molar-refractivity contribution in [2.24, 2.45) is 0 Å². The quantitative estimate of drug-likeness (QED) is 0.728. The lowest BCUT2D eigenvalue weighted by Crippen LogP contribution is -2.41. The normalized spacial score (nSPS) is 10.1. The minimum atomic E-state index is -0.480. The van der Waals surface area contributed by atoms with Crippen LogP contribution in [0.5, 0.6) is 0 Å². The molecule has 2 N–H and O–H groups in total. The molecular weight excluding hydrogens is 294 g/mol. The number of pyridine rings is 1. The molecule has 2 heterocycles. The second-order valence-corrected chi connectivity index (χ2v) is 4.68. The van der Waals surface area contributed by atoms with Crippen molar-refractivity contribution in [3.63, 3.8) is 0 Å². The maximum absolute atomic E-state index is 12.0. The highest BCUT2D eigenvalue weighted by molar-refractivity contribution is 5.98. The van der Waals surface area contributed by atoms with Gasteiger partial charge in [-0.25, -0.2) is 0 Å². The molecule has 23 heavy (non-hydrogen) atoms. The summed E-state index contributed by atoms with van der Waals surface area (Å²) in [7, 11) is 0. The summed E-state index contributed by atoms with van der Waals surface area (Å²) in [5.74, 6) is -0.174. The van der Waals surface area contributed by atoms with E-state index in [-0.39, 0.29) is 5.69 Å². The third-order valence-corrected chi connectivity index (χ3v) is 3.14. The van der Waals surface area contributed by atoms with Crippen LogP contribution in [0.15, 0.2) is 71.5 Å². The number of amides is 2. The van der Waals surface area contributed by atoms with Gasteiger partial charge in [-0.2, -0.15) is 0 Å². The maximum atomic E-state index is 12.0. The summed E-state index contributed by atoms with van der Waals surface area (Å²) in [6.07, 6.45) is 3.09. The SMILES string of the molecule is O=C(NNC(=O)c1ccccn1)c1ccc(-c2ccco2)cc1. The summed E-state index contributed by atoms with van der Waals surface area (Å²) >= 11 is 0. The molecule has 1 aromatic carbocycles. The number of hydrogen-bond donors (Lipinski definition) is 2. The van der Waals surface area contributed by atoms with E-state index in [4.69, 9.17) is 4.42 Å². The van der Waals surface area contributed by atoms with Gasteiger partial charge in [-0.3, -0.25) is 25.4 Å². The van der Waals surface area contributed by atoms with Gasteiger partial charge in [-0.05, 0) is 36.4 Å². The second kappa shape index (κ2) is 6.57. The lowest BCUT2D eigenvalue weighted by atomic mass is 10.1. The molecule has 6 heteroatoms. The van der Waals surface area contributed by atoms with Crippen LogP contribution in [0.3, 0.4) is 0 Å². The maximum Gasteiger partial charge on any atom is 0.288 e. The molecule has 2 aromatic heterocycles. The minimum absolute atomic E-state index is 0.223. The van der Waals surface area contributed by atoms with Crippen LogP contribution < -0.4 is 10.9 Å². The largest absolute Gasteiger partial charge is 0.464 e. The zero-order valence-electron chi connectivity index (χ0n) is 12.0. The Morgan fingerprint density at radius 3 is 2.30 bits per heavy atom. The molecule has 0 bridgehead atoms. The predicted octanol–water partition coefficient (Wildman–Crippen LogP) is 2.42. The van der Waals surface area contributed by atoms with Crippen molar-refractivity contribution >= 4 is 11.8 Å². The summed E-state index contributed by atoms with van der Waals surface area (Å²) in [5, 5.41) is 0. The molecule has 0 unspecified atom stereocenters. The summed E-state index contributed by atoms with van der Waals surface area (Å²) in [6.45, 7) is 0. The average Bonchev–Trinajstić information content (AvgIpc) is 3.15. The Bertz CT molecular complexity index is 797. The van der Waals surface area contributed by atoms with Crippen molar-refractivity contribution in [2.75, 3.05) is 0 Å². The summed E-state index contributed by atoms with van der Waals surface area (Å²) in [4.78, 5) is 27.7. The van der Waals surface area contributed by atoms with Gasteiger partial charge in [0.15, 0.2) is 0 Å². The number of nitrogens with zero attached hydrogens (tertiary/aromatic N) is 1. The number of hydrazine groups is 1. The van der Waals surface area contributed by atoms with Crippen LogP contribution in [0.1, 0.15) is 20.8 Å². The van der Waals surface area contributed by atoms with Gasteiger partial charge in [-0.15, -0.1) is 0 Å². The molecule has 0 aliphatic rings. The van der Waals surface area contributed by atoms with Crippen LogP contribution in [0.25, 0.3) is 11.3 Å². The highest BCUT2D eigenvalue weighted by atomic mass is 16.3. The molecule has 3 aromatic rings. The van der Waals surface area contributed by atoms with Gasteiger partial charge in [0.25, 0.3) is 11.8 Å².